The van der Waals surface area contributed by atoms with Crippen LogP contribution < -0.4 is 4.74 Å². The quantitative estimate of drug-likeness (QED) is 0.557. The maximum atomic E-state index is 13.2. The third kappa shape index (κ3) is 5.27. The van der Waals surface area contributed by atoms with Gasteiger partial charge in [-0.05, 0) is 51.1 Å². The van der Waals surface area contributed by atoms with E-state index in [1.165, 1.54) is 25.3 Å². The molecule has 1 aromatic rings. The molecule has 0 heterocycles. The zero-order valence-electron chi connectivity index (χ0n) is 12.1. The van der Waals surface area contributed by atoms with Gasteiger partial charge in [0.2, 0.25) is 0 Å². The minimum atomic E-state index is -0.445. The molecule has 20 heavy (non-hydrogen) atoms. The first-order valence-electron chi connectivity index (χ1n) is 6.74. The maximum Gasteiger partial charge on any atom is 0.180 e. The van der Waals surface area contributed by atoms with Gasteiger partial charge in [-0.2, -0.15) is 0 Å². The van der Waals surface area contributed by atoms with Crippen molar-refractivity contribution in [2.45, 2.75) is 19.3 Å². The number of halogens is 1. The van der Waals surface area contributed by atoms with Crippen molar-refractivity contribution in [2.24, 2.45) is 0 Å². The summed E-state index contributed by atoms with van der Waals surface area (Å²) in [6.45, 7) is 1.19. The molecule has 0 atom stereocenters. The fraction of sp³-hybridized carbons (Fsp3) is 0.533. The van der Waals surface area contributed by atoms with Crippen molar-refractivity contribution in [1.82, 2.24) is 4.90 Å². The van der Waals surface area contributed by atoms with Crippen LogP contribution in [-0.4, -0.2) is 49.6 Å². The number of carbonyl (C=O) groups excluding carboxylic acids is 1. The number of methoxy groups -OCH3 is 1. The lowest BCUT2D eigenvalue weighted by Gasteiger charge is -2.16. The van der Waals surface area contributed by atoms with Gasteiger partial charge in [-0.15, -0.1) is 0 Å². The van der Waals surface area contributed by atoms with Crippen LogP contribution in [0.25, 0.3) is 0 Å². The number of aliphatic hydroxyl groups excluding tert-OH is 1. The number of nitrogens with zero attached hydrogens (tertiary/aromatic N) is 1. The highest BCUT2D eigenvalue weighted by atomic mass is 19.1. The van der Waals surface area contributed by atoms with E-state index >= 15 is 0 Å². The second-order valence-corrected chi connectivity index (χ2v) is 4.79. The number of ketones is 1. The molecule has 0 spiro atoms. The first kappa shape index (κ1) is 16.6. The van der Waals surface area contributed by atoms with Gasteiger partial charge in [0, 0.05) is 6.61 Å². The number of aliphatic hydroxyl groups is 1. The first-order valence-corrected chi connectivity index (χ1v) is 6.74. The largest absolute Gasteiger partial charge is 0.496 e. The molecule has 0 aliphatic rings. The Kier molecular flexibility index (Phi) is 7.18. The van der Waals surface area contributed by atoms with Gasteiger partial charge in [0.25, 0.3) is 0 Å². The lowest BCUT2D eigenvalue weighted by Crippen LogP contribution is -2.27. The molecule has 0 aliphatic carbocycles. The number of ether oxygens (including phenoxy) is 1. The zero-order valence-corrected chi connectivity index (χ0v) is 12.1. The lowest BCUT2D eigenvalue weighted by molar-refractivity contribution is 0.0941. The van der Waals surface area contributed by atoms with E-state index in [4.69, 9.17) is 9.84 Å². The topological polar surface area (TPSA) is 49.8 Å². The van der Waals surface area contributed by atoms with Gasteiger partial charge in [-0.1, -0.05) is 0 Å². The second kappa shape index (κ2) is 8.66. The molecule has 0 radical (unpaired) electrons. The van der Waals surface area contributed by atoms with Crippen LogP contribution in [0.1, 0.15) is 29.6 Å². The Bertz CT molecular complexity index is 437. The Balaban J connectivity index is 2.55. The predicted octanol–water partition coefficient (Wildman–Crippen LogP) is 2.11. The fourth-order valence-corrected chi connectivity index (χ4v) is 1.98. The van der Waals surface area contributed by atoms with Crippen LogP contribution >= 0.6 is 0 Å². The number of unbranched alkanes of at least 4 members (excludes halogenated alkanes) is 2. The monoisotopic (exact) mass is 283 g/mol. The summed E-state index contributed by atoms with van der Waals surface area (Å²) in [6, 6.07) is 3.94. The predicted molar refractivity (Wildman–Crippen MR) is 75.7 cm³/mol. The third-order valence-electron chi connectivity index (χ3n) is 3.07. The highest BCUT2D eigenvalue weighted by Gasteiger charge is 2.15. The Morgan fingerprint density at radius 2 is 2.10 bits per heavy atom. The Labute approximate surface area is 119 Å². The van der Waals surface area contributed by atoms with E-state index in [1.54, 1.807) is 0 Å². The van der Waals surface area contributed by atoms with Crippen LogP contribution in [0, 0.1) is 5.82 Å². The van der Waals surface area contributed by atoms with Gasteiger partial charge in [0.05, 0.1) is 19.2 Å². The molecular weight excluding hydrogens is 261 g/mol. The van der Waals surface area contributed by atoms with Crippen LogP contribution in [0.2, 0.25) is 0 Å². The van der Waals surface area contributed by atoms with Crippen molar-refractivity contribution in [1.29, 1.82) is 0 Å². The number of rotatable bonds is 9. The van der Waals surface area contributed by atoms with E-state index in [0.717, 1.165) is 25.8 Å². The molecule has 5 heteroatoms. The molecule has 0 aliphatic heterocycles. The highest BCUT2D eigenvalue weighted by Crippen LogP contribution is 2.20. The molecule has 1 aromatic carbocycles. The number of hydrogen-bond donors (Lipinski definition) is 1. The summed E-state index contributed by atoms with van der Waals surface area (Å²) in [7, 11) is 3.31. The summed E-state index contributed by atoms with van der Waals surface area (Å²) < 4.78 is 18.3. The van der Waals surface area contributed by atoms with Crippen molar-refractivity contribution >= 4 is 5.78 Å². The fourth-order valence-electron chi connectivity index (χ4n) is 1.98. The van der Waals surface area contributed by atoms with Crippen LogP contribution in [0.15, 0.2) is 18.2 Å². The van der Waals surface area contributed by atoms with Crippen LogP contribution in [0.5, 0.6) is 5.75 Å². The van der Waals surface area contributed by atoms with Crippen molar-refractivity contribution in [3.63, 3.8) is 0 Å². The van der Waals surface area contributed by atoms with Crippen molar-refractivity contribution in [2.75, 3.05) is 33.9 Å². The SMILES string of the molecule is COc1ccc(F)cc1C(=O)CN(C)CCCCCO. The normalized spacial score (nSPS) is 10.8. The Morgan fingerprint density at radius 1 is 1.35 bits per heavy atom. The molecule has 0 fully saturated rings. The molecule has 112 valence electrons. The van der Waals surface area contributed by atoms with Crippen LogP contribution in [0.4, 0.5) is 4.39 Å². The number of hydrogen-bond acceptors (Lipinski definition) is 4. The summed E-state index contributed by atoms with van der Waals surface area (Å²) in [6.07, 6.45) is 2.63. The van der Waals surface area contributed by atoms with Gasteiger partial charge in [-0.25, -0.2) is 4.39 Å². The van der Waals surface area contributed by atoms with E-state index in [2.05, 4.69) is 0 Å². The summed E-state index contributed by atoms with van der Waals surface area (Å²) >= 11 is 0. The van der Waals surface area contributed by atoms with E-state index in [1.807, 2.05) is 11.9 Å². The number of Topliss-reactive ketones (excluding diaryl/α,β-unsaturated/α-hetero) is 1. The second-order valence-electron chi connectivity index (χ2n) is 4.79. The van der Waals surface area contributed by atoms with Gasteiger partial charge in [0.15, 0.2) is 5.78 Å². The third-order valence-corrected chi connectivity index (χ3v) is 3.07. The molecule has 0 saturated carbocycles. The molecule has 0 saturated heterocycles. The minimum absolute atomic E-state index is 0.161. The maximum absolute atomic E-state index is 13.2. The number of carbonyl (C=O) groups is 1. The van der Waals surface area contributed by atoms with E-state index in [-0.39, 0.29) is 24.5 Å². The van der Waals surface area contributed by atoms with Gasteiger partial charge >= 0.3 is 0 Å². The molecule has 1 N–H and O–H groups in total. The lowest BCUT2D eigenvalue weighted by atomic mass is 10.1. The average Bonchev–Trinajstić information content (AvgIpc) is 2.43. The Hall–Kier alpha value is -1.46. The van der Waals surface area contributed by atoms with Crippen molar-refractivity contribution in [3.8, 4) is 5.75 Å². The van der Waals surface area contributed by atoms with Crippen LogP contribution in [0.3, 0.4) is 0 Å². The molecule has 0 aromatic heterocycles. The van der Waals surface area contributed by atoms with Crippen molar-refractivity contribution in [3.05, 3.63) is 29.6 Å². The van der Waals surface area contributed by atoms with E-state index in [0.29, 0.717) is 5.75 Å². The zero-order chi connectivity index (χ0) is 15.0. The molecule has 0 unspecified atom stereocenters. The van der Waals surface area contributed by atoms with E-state index in [9.17, 15) is 9.18 Å². The molecule has 0 bridgehead atoms. The van der Waals surface area contributed by atoms with Gasteiger partial charge < -0.3 is 9.84 Å². The molecular formula is C15H22FNO3. The summed E-state index contributed by atoms with van der Waals surface area (Å²) in [4.78, 5) is 14.0. The van der Waals surface area contributed by atoms with Gasteiger partial charge in [-0.3, -0.25) is 9.69 Å². The first-order chi connectivity index (χ1) is 9.58. The minimum Gasteiger partial charge on any atom is -0.496 e. The van der Waals surface area contributed by atoms with E-state index < -0.39 is 5.82 Å². The molecule has 0 amide bonds. The number of likely N-dealkylation sites (N-methyl/N-ethyl adjacent to an activating group) is 1. The van der Waals surface area contributed by atoms with Crippen LogP contribution in [-0.2, 0) is 0 Å². The van der Waals surface area contributed by atoms with Gasteiger partial charge in [0.1, 0.15) is 11.6 Å². The summed E-state index contributed by atoms with van der Waals surface area (Å²) in [5.74, 6) is -0.212. The standard InChI is InChI=1S/C15H22FNO3/c1-17(8-4-3-5-9-18)11-14(19)13-10-12(16)6-7-15(13)20-2/h6-7,10,18H,3-5,8-9,11H2,1-2H3. The van der Waals surface area contributed by atoms with Crippen molar-refractivity contribution < 1.29 is 19.0 Å². The smallest absolute Gasteiger partial charge is 0.180 e. The number of benzene rings is 1. The molecule has 4 nitrogen and oxygen atoms in total. The summed E-state index contributed by atoms with van der Waals surface area (Å²) in [5.41, 5.74) is 0.273. The molecule has 1 rings (SSSR count). The highest BCUT2D eigenvalue weighted by molar-refractivity contribution is 6.00. The Morgan fingerprint density at radius 3 is 2.75 bits per heavy atom. The summed E-state index contributed by atoms with van der Waals surface area (Å²) in [5, 5.41) is 8.69. The average molecular weight is 283 g/mol.